The number of hydrogen-bond donors (Lipinski definition) is 1. The van der Waals surface area contributed by atoms with Crippen molar-refractivity contribution in [1.29, 1.82) is 0 Å². The summed E-state index contributed by atoms with van der Waals surface area (Å²) in [5.41, 5.74) is 0.921. The van der Waals surface area contributed by atoms with Crippen LogP contribution in [0.3, 0.4) is 0 Å². The number of rotatable bonds is 6. The molecule has 0 aromatic rings. The lowest BCUT2D eigenvalue weighted by Gasteiger charge is -2.14. The second kappa shape index (κ2) is 7.18. The third-order valence-corrected chi connectivity index (χ3v) is 1.62. The lowest BCUT2D eigenvalue weighted by atomic mass is 10.2. The van der Waals surface area contributed by atoms with Crippen molar-refractivity contribution in [2.45, 2.75) is 33.2 Å². The summed E-state index contributed by atoms with van der Waals surface area (Å²) in [6.45, 7) is 9.73. The van der Waals surface area contributed by atoms with Crippen LogP contribution in [0.15, 0.2) is 29.2 Å². The minimum atomic E-state index is 0.359. The first-order chi connectivity index (χ1) is 6.65. The molecule has 0 amide bonds. The SMILES string of the molecule is C=CN=C/C(NC(C)C)=C(\CC)OC. The lowest BCUT2D eigenvalue weighted by Crippen LogP contribution is -2.24. The van der Waals surface area contributed by atoms with E-state index in [1.165, 1.54) is 6.20 Å². The van der Waals surface area contributed by atoms with Gasteiger partial charge in [0.05, 0.1) is 19.0 Å². The van der Waals surface area contributed by atoms with E-state index in [2.05, 4.69) is 30.7 Å². The highest BCUT2D eigenvalue weighted by atomic mass is 16.5. The van der Waals surface area contributed by atoms with Gasteiger partial charge in [-0.1, -0.05) is 13.5 Å². The summed E-state index contributed by atoms with van der Waals surface area (Å²) < 4.78 is 5.25. The smallest absolute Gasteiger partial charge is 0.120 e. The van der Waals surface area contributed by atoms with Gasteiger partial charge in [0.15, 0.2) is 0 Å². The number of nitrogens with one attached hydrogen (secondary N) is 1. The first kappa shape index (κ1) is 12.8. The molecular weight excluding hydrogens is 176 g/mol. The molecule has 0 aromatic heterocycles. The molecule has 0 fully saturated rings. The van der Waals surface area contributed by atoms with Crippen LogP contribution in [0.5, 0.6) is 0 Å². The van der Waals surface area contributed by atoms with Gasteiger partial charge in [-0.15, -0.1) is 0 Å². The Hall–Kier alpha value is -1.25. The number of hydrogen-bond acceptors (Lipinski definition) is 3. The highest BCUT2D eigenvalue weighted by Gasteiger charge is 2.04. The number of allylic oxidation sites excluding steroid dienone is 2. The number of aliphatic imine (C=N–C) groups is 1. The zero-order valence-electron chi connectivity index (χ0n) is 9.50. The van der Waals surface area contributed by atoms with E-state index in [1.54, 1.807) is 13.3 Å². The van der Waals surface area contributed by atoms with Gasteiger partial charge in [-0.2, -0.15) is 0 Å². The normalized spacial score (nSPS) is 12.9. The Balaban J connectivity index is 4.75. The average Bonchev–Trinajstić information content (AvgIpc) is 2.15. The Morgan fingerprint density at radius 2 is 2.21 bits per heavy atom. The standard InChI is InChI=1S/C11H20N2O/c1-6-11(14-5)10(8-12-7-2)13-9(3)4/h7-9,13H,2,6H2,1,3-5H3/b11-10-,12-8?. The van der Waals surface area contributed by atoms with Crippen molar-refractivity contribution >= 4 is 6.21 Å². The summed E-state index contributed by atoms with van der Waals surface area (Å²) in [6, 6.07) is 0.359. The van der Waals surface area contributed by atoms with E-state index in [1.807, 2.05) is 6.92 Å². The van der Waals surface area contributed by atoms with E-state index >= 15 is 0 Å². The van der Waals surface area contributed by atoms with Crippen molar-refractivity contribution in [3.8, 4) is 0 Å². The summed E-state index contributed by atoms with van der Waals surface area (Å²) in [5.74, 6) is 0.907. The molecule has 0 aliphatic rings. The molecule has 0 saturated heterocycles. The first-order valence-electron chi connectivity index (χ1n) is 4.83. The molecule has 14 heavy (non-hydrogen) atoms. The monoisotopic (exact) mass is 196 g/mol. The Bertz CT molecular complexity index is 223. The summed E-state index contributed by atoms with van der Waals surface area (Å²) in [6.07, 6.45) is 4.08. The second-order valence-electron chi connectivity index (χ2n) is 3.15. The zero-order chi connectivity index (χ0) is 11.0. The van der Waals surface area contributed by atoms with Gasteiger partial charge in [0, 0.05) is 18.7 Å². The number of ether oxygens (including phenoxy) is 1. The Morgan fingerprint density at radius 3 is 2.57 bits per heavy atom. The fourth-order valence-electron chi connectivity index (χ4n) is 1.07. The Kier molecular flexibility index (Phi) is 6.54. The molecule has 0 bridgehead atoms. The van der Waals surface area contributed by atoms with Crippen LogP contribution >= 0.6 is 0 Å². The highest BCUT2D eigenvalue weighted by Crippen LogP contribution is 2.06. The third kappa shape index (κ3) is 4.70. The van der Waals surface area contributed by atoms with Crippen molar-refractivity contribution < 1.29 is 4.74 Å². The molecule has 0 aliphatic carbocycles. The predicted molar refractivity (Wildman–Crippen MR) is 61.3 cm³/mol. The Morgan fingerprint density at radius 1 is 1.57 bits per heavy atom. The van der Waals surface area contributed by atoms with Gasteiger partial charge in [0.2, 0.25) is 0 Å². The molecule has 3 nitrogen and oxygen atoms in total. The predicted octanol–water partition coefficient (Wildman–Crippen LogP) is 2.47. The van der Waals surface area contributed by atoms with Gasteiger partial charge >= 0.3 is 0 Å². The zero-order valence-corrected chi connectivity index (χ0v) is 9.50. The van der Waals surface area contributed by atoms with Crippen molar-refractivity contribution in [3.63, 3.8) is 0 Å². The van der Waals surface area contributed by atoms with Crippen LogP contribution in [-0.2, 0) is 4.74 Å². The summed E-state index contributed by atoms with van der Waals surface area (Å²) in [7, 11) is 1.67. The molecule has 0 aromatic carbocycles. The molecule has 1 N–H and O–H groups in total. The van der Waals surface area contributed by atoms with E-state index in [4.69, 9.17) is 4.74 Å². The summed E-state index contributed by atoms with van der Waals surface area (Å²) in [5, 5.41) is 3.27. The topological polar surface area (TPSA) is 33.6 Å². The lowest BCUT2D eigenvalue weighted by molar-refractivity contribution is 0.274. The van der Waals surface area contributed by atoms with Crippen LogP contribution in [0.1, 0.15) is 27.2 Å². The second-order valence-corrected chi connectivity index (χ2v) is 3.15. The maximum absolute atomic E-state index is 5.25. The van der Waals surface area contributed by atoms with E-state index in [0.717, 1.165) is 17.9 Å². The van der Waals surface area contributed by atoms with Gasteiger partial charge in [-0.25, -0.2) is 0 Å². The molecule has 0 rings (SSSR count). The van der Waals surface area contributed by atoms with E-state index in [-0.39, 0.29) is 0 Å². The molecule has 0 saturated carbocycles. The minimum Gasteiger partial charge on any atom is -0.499 e. The van der Waals surface area contributed by atoms with Crippen molar-refractivity contribution in [1.82, 2.24) is 5.32 Å². The van der Waals surface area contributed by atoms with E-state index < -0.39 is 0 Å². The maximum Gasteiger partial charge on any atom is 0.120 e. The van der Waals surface area contributed by atoms with Gasteiger partial charge in [-0.05, 0) is 13.8 Å². The van der Waals surface area contributed by atoms with Crippen LogP contribution < -0.4 is 5.32 Å². The van der Waals surface area contributed by atoms with E-state index in [9.17, 15) is 0 Å². The summed E-state index contributed by atoms with van der Waals surface area (Å²) in [4.78, 5) is 3.98. The number of methoxy groups -OCH3 is 1. The van der Waals surface area contributed by atoms with Crippen molar-refractivity contribution in [3.05, 3.63) is 24.2 Å². The van der Waals surface area contributed by atoms with Crippen LogP contribution in [0.2, 0.25) is 0 Å². The fourth-order valence-corrected chi connectivity index (χ4v) is 1.07. The molecule has 0 atom stereocenters. The Labute approximate surface area is 86.6 Å². The van der Waals surface area contributed by atoms with Gasteiger partial charge < -0.3 is 10.1 Å². The van der Waals surface area contributed by atoms with Crippen LogP contribution in [0.25, 0.3) is 0 Å². The fraction of sp³-hybridized carbons (Fsp3) is 0.545. The molecule has 0 aliphatic heterocycles. The molecule has 0 unspecified atom stereocenters. The van der Waals surface area contributed by atoms with Crippen molar-refractivity contribution in [2.75, 3.05) is 7.11 Å². The van der Waals surface area contributed by atoms with Gasteiger partial charge in [0.1, 0.15) is 5.76 Å². The quantitative estimate of drug-likeness (QED) is 0.523. The van der Waals surface area contributed by atoms with Crippen LogP contribution in [0, 0.1) is 0 Å². The first-order valence-corrected chi connectivity index (χ1v) is 4.83. The maximum atomic E-state index is 5.25. The van der Waals surface area contributed by atoms with Gasteiger partial charge in [-0.3, -0.25) is 4.99 Å². The van der Waals surface area contributed by atoms with Crippen LogP contribution in [0.4, 0.5) is 0 Å². The van der Waals surface area contributed by atoms with Crippen molar-refractivity contribution in [2.24, 2.45) is 4.99 Å². The van der Waals surface area contributed by atoms with Crippen LogP contribution in [-0.4, -0.2) is 19.4 Å². The molecular formula is C11H20N2O. The number of nitrogens with zero attached hydrogens (tertiary/aromatic N) is 1. The largest absolute Gasteiger partial charge is 0.499 e. The molecule has 0 heterocycles. The van der Waals surface area contributed by atoms with E-state index in [0.29, 0.717) is 6.04 Å². The highest BCUT2D eigenvalue weighted by molar-refractivity contribution is 5.78. The molecule has 80 valence electrons. The average molecular weight is 196 g/mol. The summed E-state index contributed by atoms with van der Waals surface area (Å²) >= 11 is 0. The minimum absolute atomic E-state index is 0.359. The molecule has 0 spiro atoms. The molecule has 3 heteroatoms. The molecule has 0 radical (unpaired) electrons. The third-order valence-electron chi connectivity index (χ3n) is 1.62. The van der Waals surface area contributed by atoms with Gasteiger partial charge in [0.25, 0.3) is 0 Å².